The number of amides is 2. The summed E-state index contributed by atoms with van der Waals surface area (Å²) in [5.41, 5.74) is 7.37. The van der Waals surface area contributed by atoms with Gasteiger partial charge in [-0.1, -0.05) is 12.1 Å². The highest BCUT2D eigenvalue weighted by atomic mass is 32.2. The van der Waals surface area contributed by atoms with Crippen LogP contribution in [0.15, 0.2) is 40.2 Å². The molecule has 0 unspecified atom stereocenters. The van der Waals surface area contributed by atoms with Gasteiger partial charge in [-0.05, 0) is 94.8 Å². The summed E-state index contributed by atoms with van der Waals surface area (Å²) in [7, 11) is -1.39. The van der Waals surface area contributed by atoms with Crippen LogP contribution in [0.2, 0.25) is 0 Å². The first-order chi connectivity index (χ1) is 21.4. The molecule has 0 heterocycles. The van der Waals surface area contributed by atoms with E-state index in [1.807, 2.05) is 0 Å². The van der Waals surface area contributed by atoms with Gasteiger partial charge >= 0.3 is 12.1 Å². The highest BCUT2D eigenvalue weighted by Gasteiger charge is 2.29. The molecular formula is C31H45N5O9S. The number of alkyl carbamates (subject to hydrolysis) is 1. The van der Waals surface area contributed by atoms with Crippen molar-refractivity contribution in [1.29, 1.82) is 0 Å². The van der Waals surface area contributed by atoms with Crippen LogP contribution in [0.3, 0.4) is 0 Å². The summed E-state index contributed by atoms with van der Waals surface area (Å²) in [6.45, 7) is 10.1. The monoisotopic (exact) mass is 663 g/mol. The number of aromatic hydroxyl groups is 1. The van der Waals surface area contributed by atoms with Crippen LogP contribution < -0.4 is 25.8 Å². The van der Waals surface area contributed by atoms with Crippen molar-refractivity contribution in [3.63, 3.8) is 0 Å². The van der Waals surface area contributed by atoms with Gasteiger partial charge in [0.15, 0.2) is 0 Å². The number of aliphatic imine (C=N–C) groups is 1. The third kappa shape index (κ3) is 11.1. The Morgan fingerprint density at radius 1 is 1.00 bits per heavy atom. The predicted molar refractivity (Wildman–Crippen MR) is 172 cm³/mol. The van der Waals surface area contributed by atoms with Crippen molar-refractivity contribution in [3.8, 4) is 11.5 Å². The second-order valence-corrected chi connectivity index (χ2v) is 13.3. The number of sulfonamides is 1. The zero-order chi connectivity index (χ0) is 34.8. The van der Waals surface area contributed by atoms with Crippen LogP contribution in [0.25, 0.3) is 0 Å². The number of phenolic OH excluding ortho intramolecular Hbond substituents is 1. The van der Waals surface area contributed by atoms with E-state index in [1.165, 1.54) is 26.4 Å². The number of nitrogens with two attached hydrogens (primary N) is 1. The number of rotatable bonds is 13. The Bertz CT molecular complexity index is 1530. The van der Waals surface area contributed by atoms with Crippen LogP contribution in [0.4, 0.5) is 4.79 Å². The van der Waals surface area contributed by atoms with E-state index in [4.69, 9.17) is 19.9 Å². The average Bonchev–Trinajstić information content (AvgIpc) is 2.95. The molecule has 2 aromatic carbocycles. The molecule has 0 fully saturated rings. The molecule has 0 saturated heterocycles. The fourth-order valence-corrected chi connectivity index (χ4v) is 6.04. The number of benzene rings is 2. The third-order valence-corrected chi connectivity index (χ3v) is 8.47. The summed E-state index contributed by atoms with van der Waals surface area (Å²) in [6, 6.07) is 5.48. The van der Waals surface area contributed by atoms with Gasteiger partial charge in [0.25, 0.3) is 10.0 Å². The number of hydrogen-bond donors (Lipinski definition) is 5. The highest BCUT2D eigenvalue weighted by Crippen LogP contribution is 2.30. The number of aryl methyl sites for hydroxylation is 1. The molecule has 0 aliphatic rings. The first-order valence-corrected chi connectivity index (χ1v) is 16.0. The largest absolute Gasteiger partial charge is 0.508 e. The first-order valence-electron chi connectivity index (χ1n) is 14.5. The topological polar surface area (TPSA) is 208 Å². The number of hydrogen-bond acceptors (Lipinski definition) is 10. The van der Waals surface area contributed by atoms with Gasteiger partial charge in [-0.25, -0.2) is 22.7 Å². The van der Waals surface area contributed by atoms with Crippen LogP contribution in [0.1, 0.15) is 55.9 Å². The van der Waals surface area contributed by atoms with Gasteiger partial charge in [0.1, 0.15) is 29.2 Å². The molecule has 6 N–H and O–H groups in total. The molecule has 0 saturated carbocycles. The lowest BCUT2D eigenvalue weighted by Crippen LogP contribution is -2.53. The molecule has 254 valence electrons. The number of esters is 1. The van der Waals surface area contributed by atoms with Crippen molar-refractivity contribution in [2.24, 2.45) is 10.7 Å². The number of carbonyl (C=O) groups excluding carboxylic acids is 3. The molecular weight excluding hydrogens is 618 g/mol. The summed E-state index contributed by atoms with van der Waals surface area (Å²) in [4.78, 5) is 42.6. The van der Waals surface area contributed by atoms with Crippen LogP contribution in [-0.4, -0.2) is 75.9 Å². The molecule has 0 radical (unpaired) electrons. The molecule has 0 aromatic heterocycles. The molecule has 14 nitrogen and oxygen atoms in total. The van der Waals surface area contributed by atoms with Gasteiger partial charge < -0.3 is 35.7 Å². The normalized spacial score (nSPS) is 13.3. The van der Waals surface area contributed by atoms with Gasteiger partial charge in [0, 0.05) is 13.0 Å². The number of nitrogens with one attached hydrogen (secondary N) is 3. The van der Waals surface area contributed by atoms with Gasteiger partial charge in [-0.15, -0.1) is 0 Å². The van der Waals surface area contributed by atoms with Gasteiger partial charge in [0.2, 0.25) is 11.9 Å². The van der Waals surface area contributed by atoms with Crippen LogP contribution in [0.5, 0.6) is 11.5 Å². The Kier molecular flexibility index (Phi) is 13.2. The smallest absolute Gasteiger partial charge is 0.408 e. The van der Waals surface area contributed by atoms with Crippen molar-refractivity contribution in [1.82, 2.24) is 15.4 Å². The van der Waals surface area contributed by atoms with E-state index < -0.39 is 45.7 Å². The minimum atomic E-state index is -4.08. The molecule has 0 aliphatic carbocycles. The van der Waals surface area contributed by atoms with E-state index in [2.05, 4.69) is 20.3 Å². The van der Waals surface area contributed by atoms with E-state index in [0.717, 1.165) is 0 Å². The van der Waals surface area contributed by atoms with Gasteiger partial charge in [-0.3, -0.25) is 9.79 Å². The second kappa shape index (κ2) is 16.2. The standard InChI is InChI=1S/C31H45N5O9S/c1-18-16-25(43-7)19(2)20(3)26(18)46(41,42)36-29(32)33-15-9-10-23(35-30(40)45-31(4,5)6)27(38)34-24(28(39)44-8)17-21-11-13-22(37)14-12-21/h11-14,16,23-24,37H,9-10,15,17H2,1-8H3,(H,34,38)(H,35,40)(H3,32,33,36)/t23-,24-/m0/s1. The highest BCUT2D eigenvalue weighted by molar-refractivity contribution is 7.90. The van der Waals surface area contributed by atoms with Crippen LogP contribution in [0, 0.1) is 20.8 Å². The zero-order valence-electron chi connectivity index (χ0n) is 27.5. The van der Waals surface area contributed by atoms with E-state index >= 15 is 0 Å². The van der Waals surface area contributed by atoms with Crippen LogP contribution >= 0.6 is 0 Å². The lowest BCUT2D eigenvalue weighted by molar-refractivity contribution is -0.145. The minimum Gasteiger partial charge on any atom is -0.508 e. The van der Waals surface area contributed by atoms with Crippen molar-refractivity contribution in [2.45, 2.75) is 83.4 Å². The molecule has 0 spiro atoms. The number of ether oxygens (including phenoxy) is 3. The Morgan fingerprint density at radius 3 is 2.20 bits per heavy atom. The second-order valence-electron chi connectivity index (χ2n) is 11.6. The van der Waals surface area contributed by atoms with Crippen molar-refractivity contribution < 1.29 is 42.1 Å². The van der Waals surface area contributed by atoms with E-state index in [1.54, 1.807) is 59.7 Å². The number of nitrogens with zero attached hydrogens (tertiary/aromatic N) is 1. The Balaban J connectivity index is 2.17. The molecule has 2 amide bonds. The maximum atomic E-state index is 13.3. The van der Waals surface area contributed by atoms with Gasteiger partial charge in [-0.2, -0.15) is 0 Å². The Labute approximate surface area is 270 Å². The van der Waals surface area contributed by atoms with Crippen LogP contribution in [-0.2, 0) is 35.5 Å². The molecule has 0 aliphatic heterocycles. The zero-order valence-corrected chi connectivity index (χ0v) is 28.3. The van der Waals surface area contributed by atoms with Crippen molar-refractivity contribution in [2.75, 3.05) is 20.8 Å². The lowest BCUT2D eigenvalue weighted by atomic mass is 10.0. The molecule has 15 heteroatoms. The fraction of sp³-hybridized carbons (Fsp3) is 0.484. The number of phenols is 1. The summed E-state index contributed by atoms with van der Waals surface area (Å²) in [6.07, 6.45) is -0.558. The molecule has 46 heavy (non-hydrogen) atoms. The maximum Gasteiger partial charge on any atom is 0.408 e. The summed E-state index contributed by atoms with van der Waals surface area (Å²) >= 11 is 0. The number of methoxy groups -OCH3 is 2. The van der Waals surface area contributed by atoms with E-state index in [9.17, 15) is 27.9 Å². The molecule has 2 atom stereocenters. The van der Waals surface area contributed by atoms with E-state index in [-0.39, 0.29) is 42.4 Å². The Hall–Kier alpha value is -4.53. The molecule has 0 bridgehead atoms. The number of guanidine groups is 1. The molecule has 2 aromatic rings. The van der Waals surface area contributed by atoms with Crippen molar-refractivity contribution in [3.05, 3.63) is 52.6 Å². The number of carbonyl (C=O) groups is 3. The minimum absolute atomic E-state index is 0.00166. The SMILES string of the molecule is COC(=O)[C@H](Cc1ccc(O)cc1)NC(=O)[C@H](CCCN=C(N)NS(=O)(=O)c1c(C)cc(OC)c(C)c1C)NC(=O)OC(C)(C)C. The molecule has 2 rings (SSSR count). The third-order valence-electron chi connectivity index (χ3n) is 6.82. The maximum absolute atomic E-state index is 13.3. The van der Waals surface area contributed by atoms with Crippen molar-refractivity contribution >= 4 is 34.0 Å². The lowest BCUT2D eigenvalue weighted by Gasteiger charge is -2.25. The first kappa shape index (κ1) is 37.7. The summed E-state index contributed by atoms with van der Waals surface area (Å²) in [5, 5.41) is 14.7. The van der Waals surface area contributed by atoms with E-state index in [0.29, 0.717) is 28.0 Å². The van der Waals surface area contributed by atoms with Gasteiger partial charge in [0.05, 0.1) is 19.1 Å². The fourth-order valence-electron chi connectivity index (χ4n) is 4.56. The predicted octanol–water partition coefficient (Wildman–Crippen LogP) is 2.49. The summed E-state index contributed by atoms with van der Waals surface area (Å²) < 4.78 is 44.1. The average molecular weight is 664 g/mol. The Morgan fingerprint density at radius 2 is 1.63 bits per heavy atom. The quantitative estimate of drug-likeness (QED) is 0.0915. The summed E-state index contributed by atoms with van der Waals surface area (Å²) in [5.74, 6) is -1.14.